The number of carbonyl (C=O) groups is 1. The lowest BCUT2D eigenvalue weighted by atomic mass is 9.83. The van der Waals surface area contributed by atoms with Gasteiger partial charge in [0.05, 0.1) is 11.4 Å². The van der Waals surface area contributed by atoms with Crippen LogP contribution in [0.2, 0.25) is 0 Å². The van der Waals surface area contributed by atoms with Gasteiger partial charge in [-0.15, -0.1) is 12.6 Å². The van der Waals surface area contributed by atoms with Crippen LogP contribution in [0.3, 0.4) is 0 Å². The van der Waals surface area contributed by atoms with Gasteiger partial charge in [-0.25, -0.2) is 0 Å². The average Bonchev–Trinajstić information content (AvgIpc) is 2.80. The molecule has 1 aliphatic carbocycles. The fourth-order valence-corrected chi connectivity index (χ4v) is 4.72. The third kappa shape index (κ3) is 4.92. The van der Waals surface area contributed by atoms with Crippen molar-refractivity contribution in [2.75, 3.05) is 13.1 Å². The minimum absolute atomic E-state index is 0.119. The molecule has 1 amide bonds. The van der Waals surface area contributed by atoms with Gasteiger partial charge in [0.15, 0.2) is 0 Å². The Kier molecular flexibility index (Phi) is 6.70. The Hall–Kier alpha value is -2.07. The molecule has 0 N–H and O–H groups in total. The summed E-state index contributed by atoms with van der Waals surface area (Å²) in [5, 5.41) is 0. The van der Waals surface area contributed by atoms with E-state index in [2.05, 4.69) is 36.9 Å². The molecule has 152 valence electrons. The van der Waals surface area contributed by atoms with Crippen molar-refractivity contribution >= 4 is 29.9 Å². The molecule has 0 unspecified atom stereocenters. The van der Waals surface area contributed by atoms with Crippen molar-refractivity contribution in [1.82, 2.24) is 4.90 Å². The largest absolute Gasteiger partial charge is 0.339 e. The van der Waals surface area contributed by atoms with Crippen molar-refractivity contribution in [2.24, 2.45) is 10.9 Å². The number of nitrogens with zero attached hydrogens (tertiary/aromatic N) is 2. The lowest BCUT2D eigenvalue weighted by molar-refractivity contribution is 0.0724. The number of hydrogen-bond acceptors (Lipinski definition) is 3. The zero-order chi connectivity index (χ0) is 20.1. The number of piperidine rings is 1. The molecule has 0 atom stereocenters. The van der Waals surface area contributed by atoms with E-state index in [9.17, 15) is 4.79 Å². The van der Waals surface area contributed by atoms with E-state index in [1.165, 1.54) is 44.1 Å². The van der Waals surface area contributed by atoms with Crippen LogP contribution < -0.4 is 0 Å². The third-order valence-corrected chi connectivity index (χ3v) is 6.55. The Morgan fingerprint density at radius 2 is 1.55 bits per heavy atom. The van der Waals surface area contributed by atoms with E-state index in [0.29, 0.717) is 5.92 Å². The Labute approximate surface area is 179 Å². The molecule has 1 aliphatic heterocycles. The molecule has 1 saturated heterocycles. The Morgan fingerprint density at radius 1 is 0.862 bits per heavy atom. The SMILES string of the molecule is O=C(c1ccc(S)c(N=C(c2ccccc2)C2CCCCC2)c1)N1CCCCC1. The lowest BCUT2D eigenvalue weighted by Crippen LogP contribution is -2.35. The number of rotatable bonds is 4. The van der Waals surface area contributed by atoms with Crippen molar-refractivity contribution in [3.05, 3.63) is 59.7 Å². The number of benzene rings is 2. The first-order chi connectivity index (χ1) is 14.2. The summed E-state index contributed by atoms with van der Waals surface area (Å²) in [5.74, 6) is 0.591. The Balaban J connectivity index is 1.68. The molecule has 0 bridgehead atoms. The van der Waals surface area contributed by atoms with Crippen LogP contribution in [0.5, 0.6) is 0 Å². The van der Waals surface area contributed by atoms with Crippen LogP contribution in [-0.2, 0) is 0 Å². The van der Waals surface area contributed by atoms with E-state index in [1.807, 2.05) is 29.2 Å². The van der Waals surface area contributed by atoms with Gasteiger partial charge < -0.3 is 4.90 Å². The molecular weight excluding hydrogens is 376 g/mol. The fourth-order valence-electron chi connectivity index (χ4n) is 4.53. The maximum absolute atomic E-state index is 13.0. The molecule has 29 heavy (non-hydrogen) atoms. The van der Waals surface area contributed by atoms with Crippen molar-refractivity contribution in [3.8, 4) is 0 Å². The summed E-state index contributed by atoms with van der Waals surface area (Å²) in [5.41, 5.74) is 3.85. The van der Waals surface area contributed by atoms with Crippen LogP contribution in [0.4, 0.5) is 5.69 Å². The highest BCUT2D eigenvalue weighted by molar-refractivity contribution is 7.80. The quantitative estimate of drug-likeness (QED) is 0.469. The van der Waals surface area contributed by atoms with Crippen LogP contribution in [0.1, 0.15) is 67.3 Å². The van der Waals surface area contributed by atoms with Gasteiger partial charge in [-0.05, 0) is 55.9 Å². The second-order valence-electron chi connectivity index (χ2n) is 8.25. The van der Waals surface area contributed by atoms with Gasteiger partial charge in [-0.3, -0.25) is 9.79 Å². The highest BCUT2D eigenvalue weighted by Gasteiger charge is 2.22. The van der Waals surface area contributed by atoms with Gasteiger partial charge in [0.1, 0.15) is 0 Å². The molecule has 4 heteroatoms. The molecule has 4 rings (SSSR count). The monoisotopic (exact) mass is 406 g/mol. The van der Waals surface area contributed by atoms with E-state index in [1.54, 1.807) is 0 Å². The van der Waals surface area contributed by atoms with Gasteiger partial charge >= 0.3 is 0 Å². The highest BCUT2D eigenvalue weighted by Crippen LogP contribution is 2.32. The van der Waals surface area contributed by atoms with E-state index in [4.69, 9.17) is 4.99 Å². The van der Waals surface area contributed by atoms with Gasteiger partial charge in [0.2, 0.25) is 0 Å². The number of carbonyl (C=O) groups excluding carboxylic acids is 1. The lowest BCUT2D eigenvalue weighted by Gasteiger charge is -2.27. The van der Waals surface area contributed by atoms with Crippen molar-refractivity contribution < 1.29 is 4.79 Å². The molecule has 0 radical (unpaired) electrons. The number of thiol groups is 1. The second kappa shape index (κ2) is 9.62. The first-order valence-electron chi connectivity index (χ1n) is 11.0. The fraction of sp³-hybridized carbons (Fsp3) is 0.440. The van der Waals surface area contributed by atoms with Gasteiger partial charge in [0.25, 0.3) is 5.91 Å². The van der Waals surface area contributed by atoms with Gasteiger partial charge in [-0.2, -0.15) is 0 Å². The summed E-state index contributed by atoms with van der Waals surface area (Å²) < 4.78 is 0. The van der Waals surface area contributed by atoms with Crippen molar-refractivity contribution in [1.29, 1.82) is 0 Å². The summed E-state index contributed by atoms with van der Waals surface area (Å²) in [6, 6.07) is 16.2. The summed E-state index contributed by atoms with van der Waals surface area (Å²) >= 11 is 4.66. The summed E-state index contributed by atoms with van der Waals surface area (Å²) in [6.45, 7) is 1.72. The maximum atomic E-state index is 13.0. The van der Waals surface area contributed by atoms with Gasteiger partial charge in [-0.1, -0.05) is 49.6 Å². The number of hydrogen-bond donors (Lipinski definition) is 1. The predicted molar refractivity (Wildman–Crippen MR) is 123 cm³/mol. The van der Waals surface area contributed by atoms with Crippen LogP contribution in [0.25, 0.3) is 0 Å². The second-order valence-corrected chi connectivity index (χ2v) is 8.74. The van der Waals surface area contributed by atoms with E-state index in [-0.39, 0.29) is 5.91 Å². The molecule has 1 saturated carbocycles. The third-order valence-electron chi connectivity index (χ3n) is 6.17. The van der Waals surface area contributed by atoms with E-state index >= 15 is 0 Å². The molecule has 2 aromatic rings. The summed E-state index contributed by atoms with van der Waals surface area (Å²) in [6.07, 6.45) is 9.62. The number of amides is 1. The zero-order valence-corrected chi connectivity index (χ0v) is 17.9. The molecule has 2 fully saturated rings. The van der Waals surface area contributed by atoms with E-state index in [0.717, 1.165) is 47.8 Å². The van der Waals surface area contributed by atoms with Crippen LogP contribution in [-0.4, -0.2) is 29.6 Å². The van der Waals surface area contributed by atoms with Gasteiger partial charge in [0, 0.05) is 29.5 Å². The Morgan fingerprint density at radius 3 is 2.28 bits per heavy atom. The minimum Gasteiger partial charge on any atom is -0.339 e. The van der Waals surface area contributed by atoms with Crippen LogP contribution >= 0.6 is 12.6 Å². The molecule has 2 aliphatic rings. The minimum atomic E-state index is 0.119. The topological polar surface area (TPSA) is 32.7 Å². The van der Waals surface area contributed by atoms with Crippen molar-refractivity contribution in [3.63, 3.8) is 0 Å². The van der Waals surface area contributed by atoms with Crippen LogP contribution in [0.15, 0.2) is 58.4 Å². The molecular formula is C25H30N2OS. The molecule has 0 aromatic heterocycles. The highest BCUT2D eigenvalue weighted by atomic mass is 32.1. The Bertz CT molecular complexity index is 866. The molecule has 1 heterocycles. The predicted octanol–water partition coefficient (Wildman–Crippen LogP) is 6.30. The average molecular weight is 407 g/mol. The molecule has 0 spiro atoms. The first-order valence-corrected chi connectivity index (χ1v) is 11.4. The molecule has 2 aromatic carbocycles. The first kappa shape index (κ1) is 20.2. The normalized spacial score (nSPS) is 18.7. The maximum Gasteiger partial charge on any atom is 0.253 e. The van der Waals surface area contributed by atoms with E-state index < -0.39 is 0 Å². The number of likely N-dealkylation sites (tertiary alicyclic amines) is 1. The smallest absolute Gasteiger partial charge is 0.253 e. The van der Waals surface area contributed by atoms with Crippen LogP contribution in [0, 0.1) is 5.92 Å². The zero-order valence-electron chi connectivity index (χ0n) is 17.0. The number of aliphatic imine (C=N–C) groups is 1. The standard InChI is InChI=1S/C25H30N2OS/c28-25(27-16-8-3-9-17-27)21-14-15-23(29)22(18-21)26-24(19-10-4-1-5-11-19)20-12-6-2-7-13-20/h1,4-5,10-11,14-15,18,20,29H,2-3,6-9,12-13,16-17H2. The van der Waals surface area contributed by atoms with Crippen molar-refractivity contribution in [2.45, 2.75) is 56.3 Å². The summed E-state index contributed by atoms with van der Waals surface area (Å²) in [4.78, 5) is 20.9. The molecule has 3 nitrogen and oxygen atoms in total. The summed E-state index contributed by atoms with van der Waals surface area (Å²) in [7, 11) is 0.